The Morgan fingerprint density at radius 1 is 1.03 bits per heavy atom. The van der Waals surface area contributed by atoms with Crippen LogP contribution in [0.3, 0.4) is 0 Å². The Hall–Kier alpha value is -0.0800. The van der Waals surface area contributed by atoms with E-state index in [0.29, 0.717) is 18.2 Å². The van der Waals surface area contributed by atoms with E-state index >= 15 is 0 Å². The third kappa shape index (κ3) is 6.96. The first-order chi connectivity index (χ1) is 13.8. The van der Waals surface area contributed by atoms with Crippen molar-refractivity contribution in [2.75, 3.05) is 32.8 Å². The van der Waals surface area contributed by atoms with E-state index in [2.05, 4.69) is 17.1 Å². The molecule has 2 saturated carbocycles. The molecule has 168 valence electrons. The van der Waals surface area contributed by atoms with Crippen molar-refractivity contribution in [1.29, 1.82) is 0 Å². The van der Waals surface area contributed by atoms with Crippen molar-refractivity contribution >= 4 is 29.9 Å². The standard InChI is InChI=1S/C23H41N3O2.HI/c1-2-24-23(25-22-16-21(22)18-8-4-3-5-9-18)26-13-11-19(12-14-26)28-17-20-10-6-7-15-27-20;/h18-22H,2-17H2,1H3,(H,24,25);1H. The molecule has 0 aromatic rings. The molecule has 3 atom stereocenters. The highest BCUT2D eigenvalue weighted by Crippen LogP contribution is 2.44. The summed E-state index contributed by atoms with van der Waals surface area (Å²) in [5.41, 5.74) is 0. The average molecular weight is 520 g/mol. The van der Waals surface area contributed by atoms with Crippen molar-refractivity contribution in [1.82, 2.24) is 10.2 Å². The van der Waals surface area contributed by atoms with Crippen molar-refractivity contribution in [2.24, 2.45) is 16.8 Å². The van der Waals surface area contributed by atoms with Gasteiger partial charge in [0.2, 0.25) is 0 Å². The fourth-order valence-electron chi connectivity index (χ4n) is 5.43. The molecule has 0 radical (unpaired) electrons. The van der Waals surface area contributed by atoms with E-state index in [1.807, 2.05) is 0 Å². The first-order valence-electron chi connectivity index (χ1n) is 12.1. The van der Waals surface area contributed by atoms with Crippen LogP contribution in [-0.4, -0.2) is 62.0 Å². The Morgan fingerprint density at radius 2 is 1.79 bits per heavy atom. The molecule has 0 spiro atoms. The summed E-state index contributed by atoms with van der Waals surface area (Å²) >= 11 is 0. The van der Waals surface area contributed by atoms with Gasteiger partial charge >= 0.3 is 0 Å². The van der Waals surface area contributed by atoms with Crippen molar-refractivity contribution < 1.29 is 9.47 Å². The van der Waals surface area contributed by atoms with E-state index in [-0.39, 0.29) is 24.0 Å². The molecule has 2 heterocycles. The van der Waals surface area contributed by atoms with Crippen LogP contribution in [0.25, 0.3) is 0 Å². The monoisotopic (exact) mass is 519 g/mol. The normalized spacial score (nSPS) is 32.0. The van der Waals surface area contributed by atoms with Crippen LogP contribution in [0.15, 0.2) is 4.99 Å². The maximum Gasteiger partial charge on any atom is 0.194 e. The summed E-state index contributed by atoms with van der Waals surface area (Å²) < 4.78 is 12.0. The first kappa shape index (κ1) is 23.6. The van der Waals surface area contributed by atoms with Gasteiger partial charge in [-0.05, 0) is 57.3 Å². The highest BCUT2D eigenvalue weighted by atomic mass is 127. The second kappa shape index (κ2) is 12.1. The molecule has 3 unspecified atom stereocenters. The van der Waals surface area contributed by atoms with Crippen LogP contribution in [0.5, 0.6) is 0 Å². The Labute approximate surface area is 194 Å². The summed E-state index contributed by atoms with van der Waals surface area (Å²) in [6.07, 6.45) is 15.2. The lowest BCUT2D eigenvalue weighted by Crippen LogP contribution is -2.48. The molecule has 0 bridgehead atoms. The molecule has 6 heteroatoms. The van der Waals surface area contributed by atoms with Crippen LogP contribution in [0.4, 0.5) is 0 Å². The molecule has 4 aliphatic rings. The number of likely N-dealkylation sites (tertiary alicyclic amines) is 1. The summed E-state index contributed by atoms with van der Waals surface area (Å²) in [6.45, 7) is 6.82. The van der Waals surface area contributed by atoms with Gasteiger partial charge in [0.05, 0.1) is 18.8 Å². The van der Waals surface area contributed by atoms with E-state index < -0.39 is 0 Å². The number of guanidine groups is 1. The molecule has 4 rings (SSSR count). The number of halogens is 1. The van der Waals surface area contributed by atoms with E-state index in [9.17, 15) is 0 Å². The first-order valence-corrected chi connectivity index (χ1v) is 12.1. The van der Waals surface area contributed by atoms with Crippen molar-refractivity contribution in [3.05, 3.63) is 0 Å². The highest BCUT2D eigenvalue weighted by Gasteiger charge is 2.44. The Kier molecular flexibility index (Phi) is 9.83. The minimum atomic E-state index is 0. The molecule has 2 aliphatic carbocycles. The smallest absolute Gasteiger partial charge is 0.194 e. The van der Waals surface area contributed by atoms with Gasteiger partial charge in [-0.1, -0.05) is 32.1 Å². The predicted octanol–water partition coefficient (Wildman–Crippen LogP) is 4.59. The van der Waals surface area contributed by atoms with Crippen LogP contribution in [0, 0.1) is 11.8 Å². The number of hydrogen-bond acceptors (Lipinski definition) is 3. The molecule has 2 aliphatic heterocycles. The molecule has 0 aromatic carbocycles. The van der Waals surface area contributed by atoms with Gasteiger partial charge < -0.3 is 19.7 Å². The quantitative estimate of drug-likeness (QED) is 0.317. The Balaban J connectivity index is 0.00000240. The average Bonchev–Trinajstić information content (AvgIpc) is 3.53. The van der Waals surface area contributed by atoms with Crippen LogP contribution in [0.2, 0.25) is 0 Å². The van der Waals surface area contributed by atoms with Gasteiger partial charge in [-0.3, -0.25) is 4.99 Å². The number of nitrogens with one attached hydrogen (secondary N) is 1. The summed E-state index contributed by atoms with van der Waals surface area (Å²) in [5.74, 6) is 3.02. The van der Waals surface area contributed by atoms with Crippen LogP contribution < -0.4 is 5.32 Å². The number of hydrogen-bond donors (Lipinski definition) is 1. The van der Waals surface area contributed by atoms with Crippen molar-refractivity contribution in [3.63, 3.8) is 0 Å². The topological polar surface area (TPSA) is 46.1 Å². The molecule has 2 saturated heterocycles. The SMILES string of the molecule is CCN=C(NC1CC1C1CCCCC1)N1CCC(OCC2CCCCO2)CC1.I. The third-order valence-corrected chi connectivity index (χ3v) is 7.25. The maximum atomic E-state index is 6.19. The maximum absolute atomic E-state index is 6.19. The summed E-state index contributed by atoms with van der Waals surface area (Å²) in [5, 5.41) is 3.82. The second-order valence-corrected chi connectivity index (χ2v) is 9.35. The van der Waals surface area contributed by atoms with Crippen molar-refractivity contribution in [3.8, 4) is 0 Å². The molecule has 0 aromatic heterocycles. The number of piperidine rings is 1. The number of ether oxygens (including phenoxy) is 2. The lowest BCUT2D eigenvalue weighted by molar-refractivity contribution is -0.0721. The summed E-state index contributed by atoms with van der Waals surface area (Å²) in [4.78, 5) is 7.29. The van der Waals surface area contributed by atoms with Gasteiger partial charge in [-0.25, -0.2) is 0 Å². The summed E-state index contributed by atoms with van der Waals surface area (Å²) in [6, 6.07) is 0.672. The minimum absolute atomic E-state index is 0. The van der Waals surface area contributed by atoms with Crippen LogP contribution >= 0.6 is 24.0 Å². The molecule has 1 N–H and O–H groups in total. The zero-order valence-electron chi connectivity index (χ0n) is 18.3. The number of nitrogens with zero attached hydrogens (tertiary/aromatic N) is 2. The van der Waals surface area contributed by atoms with Gasteiger partial charge in [-0.15, -0.1) is 24.0 Å². The highest BCUT2D eigenvalue weighted by molar-refractivity contribution is 14.0. The Morgan fingerprint density at radius 3 is 2.48 bits per heavy atom. The van der Waals surface area contributed by atoms with Gasteiger partial charge in [0.15, 0.2) is 5.96 Å². The molecule has 4 fully saturated rings. The second-order valence-electron chi connectivity index (χ2n) is 9.35. The van der Waals surface area contributed by atoms with Gasteiger partial charge in [0.1, 0.15) is 0 Å². The van der Waals surface area contributed by atoms with E-state index in [1.165, 1.54) is 57.8 Å². The molecule has 29 heavy (non-hydrogen) atoms. The van der Waals surface area contributed by atoms with Gasteiger partial charge in [0, 0.05) is 32.3 Å². The molecule has 0 amide bonds. The molecular weight excluding hydrogens is 477 g/mol. The fraction of sp³-hybridized carbons (Fsp3) is 0.957. The molecular formula is C23H42IN3O2. The van der Waals surface area contributed by atoms with Crippen LogP contribution in [0.1, 0.15) is 77.6 Å². The zero-order valence-corrected chi connectivity index (χ0v) is 20.6. The van der Waals surface area contributed by atoms with Gasteiger partial charge in [-0.2, -0.15) is 0 Å². The van der Waals surface area contributed by atoms with Crippen LogP contribution in [-0.2, 0) is 9.47 Å². The molecule has 5 nitrogen and oxygen atoms in total. The summed E-state index contributed by atoms with van der Waals surface area (Å²) in [7, 11) is 0. The van der Waals surface area contributed by atoms with E-state index in [0.717, 1.165) is 63.5 Å². The van der Waals surface area contributed by atoms with E-state index in [1.54, 1.807) is 0 Å². The number of aliphatic imine (C=N–C) groups is 1. The third-order valence-electron chi connectivity index (χ3n) is 7.25. The Bertz CT molecular complexity index is 498. The largest absolute Gasteiger partial charge is 0.376 e. The fourth-order valence-corrected chi connectivity index (χ4v) is 5.43. The minimum Gasteiger partial charge on any atom is -0.376 e. The lowest BCUT2D eigenvalue weighted by atomic mass is 9.85. The zero-order chi connectivity index (χ0) is 19.2. The van der Waals surface area contributed by atoms with Crippen molar-refractivity contribution in [2.45, 2.75) is 95.8 Å². The van der Waals surface area contributed by atoms with Gasteiger partial charge in [0.25, 0.3) is 0 Å². The van der Waals surface area contributed by atoms with E-state index in [4.69, 9.17) is 14.5 Å². The number of rotatable bonds is 6. The lowest BCUT2D eigenvalue weighted by Gasteiger charge is -2.35. The predicted molar refractivity (Wildman–Crippen MR) is 129 cm³/mol.